The van der Waals surface area contributed by atoms with E-state index in [-0.39, 0.29) is 11.4 Å². The van der Waals surface area contributed by atoms with Crippen LogP contribution in [0.5, 0.6) is 0 Å². The molecular weight excluding hydrogens is 443 g/mol. The third kappa shape index (κ3) is 4.28. The average molecular weight is 465 g/mol. The number of hydrogen-bond acceptors (Lipinski definition) is 4. The van der Waals surface area contributed by atoms with Crippen LogP contribution in [0.2, 0.25) is 0 Å². The number of hydrogen-bond donors (Lipinski definition) is 1. The average Bonchev–Trinajstić information content (AvgIpc) is 2.84. The summed E-state index contributed by atoms with van der Waals surface area (Å²) in [6, 6.07) is 16.3. The monoisotopic (exact) mass is 465 g/mol. The highest BCUT2D eigenvalue weighted by molar-refractivity contribution is 5.86. The fourth-order valence-electron chi connectivity index (χ4n) is 4.26. The van der Waals surface area contributed by atoms with Gasteiger partial charge >= 0.3 is 6.18 Å². The molecule has 4 aromatic rings. The van der Waals surface area contributed by atoms with E-state index in [0.29, 0.717) is 35.2 Å². The van der Waals surface area contributed by atoms with E-state index in [0.717, 1.165) is 36.5 Å². The van der Waals surface area contributed by atoms with Gasteiger partial charge in [-0.25, -0.2) is 4.98 Å². The zero-order valence-electron chi connectivity index (χ0n) is 18.4. The minimum atomic E-state index is -4.54. The van der Waals surface area contributed by atoms with Crippen molar-refractivity contribution in [3.05, 3.63) is 82.1 Å². The van der Waals surface area contributed by atoms with Crippen LogP contribution in [0.1, 0.15) is 11.1 Å². The highest BCUT2D eigenvalue weighted by atomic mass is 19.4. The molecule has 5 nitrogen and oxygen atoms in total. The first-order valence-corrected chi connectivity index (χ1v) is 10.9. The summed E-state index contributed by atoms with van der Waals surface area (Å²) in [4.78, 5) is 22.5. The first-order valence-electron chi connectivity index (χ1n) is 10.9. The van der Waals surface area contributed by atoms with Gasteiger partial charge in [0.25, 0.3) is 5.56 Å². The van der Waals surface area contributed by atoms with Crippen molar-refractivity contribution in [2.45, 2.75) is 13.1 Å². The van der Waals surface area contributed by atoms with Gasteiger partial charge in [0.05, 0.1) is 29.7 Å². The van der Waals surface area contributed by atoms with E-state index < -0.39 is 17.3 Å². The van der Waals surface area contributed by atoms with Crippen LogP contribution in [0.25, 0.3) is 33.4 Å². The Morgan fingerprint density at radius 3 is 2.35 bits per heavy atom. The molecule has 1 aliphatic rings. The lowest BCUT2D eigenvalue weighted by Crippen LogP contribution is -2.36. The Balaban J connectivity index is 1.65. The van der Waals surface area contributed by atoms with Crippen molar-refractivity contribution in [2.24, 2.45) is 0 Å². The molecule has 0 aliphatic carbocycles. The lowest BCUT2D eigenvalue weighted by atomic mass is 9.99. The summed E-state index contributed by atoms with van der Waals surface area (Å²) < 4.78 is 46.5. The number of rotatable bonds is 3. The van der Waals surface area contributed by atoms with Gasteiger partial charge < -0.3 is 14.6 Å². The molecule has 0 bridgehead atoms. The molecular formula is C26H22F3N3O2. The summed E-state index contributed by atoms with van der Waals surface area (Å²) in [6.07, 6.45) is -4.54. The maximum Gasteiger partial charge on any atom is 0.416 e. The second kappa shape index (κ2) is 8.61. The van der Waals surface area contributed by atoms with Gasteiger partial charge in [-0.15, -0.1) is 0 Å². The number of ether oxygens (including phenoxy) is 1. The van der Waals surface area contributed by atoms with E-state index in [9.17, 15) is 18.0 Å². The third-order valence-electron chi connectivity index (χ3n) is 6.00. The minimum Gasteiger partial charge on any atom is -0.378 e. The molecule has 1 saturated heterocycles. The molecule has 3 aromatic carbocycles. The van der Waals surface area contributed by atoms with Gasteiger partial charge in [-0.1, -0.05) is 30.3 Å². The van der Waals surface area contributed by atoms with Crippen LogP contribution < -0.4 is 10.5 Å². The van der Waals surface area contributed by atoms with Crippen molar-refractivity contribution >= 4 is 16.6 Å². The first kappa shape index (κ1) is 22.2. The Bertz CT molecular complexity index is 1410. The summed E-state index contributed by atoms with van der Waals surface area (Å²) in [6.45, 7) is 4.53. The summed E-state index contributed by atoms with van der Waals surface area (Å²) in [5.41, 5.74) is 2.19. The van der Waals surface area contributed by atoms with Crippen molar-refractivity contribution in [1.82, 2.24) is 9.97 Å². The maximum atomic E-state index is 13.7. The van der Waals surface area contributed by atoms with Crippen LogP contribution in [0.4, 0.5) is 18.9 Å². The number of H-pyrrole nitrogens is 1. The molecule has 1 fully saturated rings. The van der Waals surface area contributed by atoms with Crippen molar-refractivity contribution in [3.63, 3.8) is 0 Å². The molecule has 1 aliphatic heterocycles. The zero-order valence-corrected chi connectivity index (χ0v) is 18.4. The normalized spacial score (nSPS) is 14.5. The minimum absolute atomic E-state index is 0.100. The summed E-state index contributed by atoms with van der Waals surface area (Å²) in [7, 11) is 0. The lowest BCUT2D eigenvalue weighted by molar-refractivity contribution is -0.137. The van der Waals surface area contributed by atoms with Crippen molar-refractivity contribution in [3.8, 4) is 22.5 Å². The van der Waals surface area contributed by atoms with Crippen molar-refractivity contribution in [1.29, 1.82) is 0 Å². The number of alkyl halides is 3. The number of aromatic nitrogens is 2. The number of aromatic amines is 1. The van der Waals surface area contributed by atoms with Crippen LogP contribution in [-0.4, -0.2) is 36.3 Å². The van der Waals surface area contributed by atoms with E-state index in [1.807, 2.05) is 13.0 Å². The number of fused-ring (bicyclic) bond motifs is 1. The molecule has 34 heavy (non-hydrogen) atoms. The number of aryl methyl sites for hydroxylation is 1. The second-order valence-corrected chi connectivity index (χ2v) is 8.34. The van der Waals surface area contributed by atoms with Crippen LogP contribution in [0.3, 0.4) is 0 Å². The van der Waals surface area contributed by atoms with Gasteiger partial charge in [0.1, 0.15) is 5.82 Å². The Morgan fingerprint density at radius 2 is 1.65 bits per heavy atom. The van der Waals surface area contributed by atoms with Gasteiger partial charge in [-0.3, -0.25) is 4.79 Å². The summed E-state index contributed by atoms with van der Waals surface area (Å²) in [5, 5.41) is 0.403. The number of halogens is 3. The van der Waals surface area contributed by atoms with Crippen molar-refractivity contribution < 1.29 is 17.9 Å². The molecule has 2 heterocycles. The fourth-order valence-corrected chi connectivity index (χ4v) is 4.26. The predicted octanol–water partition coefficient (Wildman–Crippen LogP) is 5.42. The molecule has 0 saturated carbocycles. The topological polar surface area (TPSA) is 58.2 Å². The maximum absolute atomic E-state index is 13.7. The fraction of sp³-hybridized carbons (Fsp3) is 0.231. The van der Waals surface area contributed by atoms with Crippen LogP contribution >= 0.6 is 0 Å². The predicted molar refractivity (Wildman–Crippen MR) is 126 cm³/mol. The van der Waals surface area contributed by atoms with E-state index in [2.05, 4.69) is 14.9 Å². The van der Waals surface area contributed by atoms with Gasteiger partial charge in [0, 0.05) is 24.3 Å². The zero-order chi connectivity index (χ0) is 23.9. The molecule has 8 heteroatoms. The molecule has 0 spiro atoms. The number of nitrogens with zero attached hydrogens (tertiary/aromatic N) is 2. The third-order valence-corrected chi connectivity index (χ3v) is 6.00. The Labute approximate surface area is 193 Å². The SMILES string of the molecule is Cc1cc(N2CCOCC2)cc2c(=O)[nH]c(-c3cc(-c4ccccc4)cc(C(F)(F)F)c3)nc12. The molecule has 1 N–H and O–H groups in total. The molecule has 0 radical (unpaired) electrons. The molecule has 1 aromatic heterocycles. The summed E-state index contributed by atoms with van der Waals surface area (Å²) in [5.74, 6) is 0.100. The summed E-state index contributed by atoms with van der Waals surface area (Å²) >= 11 is 0. The highest BCUT2D eigenvalue weighted by Crippen LogP contribution is 2.36. The van der Waals surface area contributed by atoms with Crippen LogP contribution in [0, 0.1) is 6.92 Å². The first-order chi connectivity index (χ1) is 16.3. The molecule has 174 valence electrons. The van der Waals surface area contributed by atoms with Crippen LogP contribution in [0.15, 0.2) is 65.5 Å². The van der Waals surface area contributed by atoms with Gasteiger partial charge in [0.2, 0.25) is 0 Å². The number of anilines is 1. The lowest BCUT2D eigenvalue weighted by Gasteiger charge is -2.29. The number of nitrogens with one attached hydrogen (secondary N) is 1. The van der Waals surface area contributed by atoms with Gasteiger partial charge in [-0.05, 0) is 53.9 Å². The number of benzene rings is 3. The smallest absolute Gasteiger partial charge is 0.378 e. The van der Waals surface area contributed by atoms with E-state index in [1.165, 1.54) is 0 Å². The van der Waals surface area contributed by atoms with E-state index >= 15 is 0 Å². The quantitative estimate of drug-likeness (QED) is 0.439. The van der Waals surface area contributed by atoms with E-state index in [4.69, 9.17) is 4.74 Å². The Kier molecular flexibility index (Phi) is 5.61. The van der Waals surface area contributed by atoms with Gasteiger partial charge in [-0.2, -0.15) is 13.2 Å². The molecule has 0 amide bonds. The van der Waals surface area contributed by atoms with Crippen LogP contribution in [-0.2, 0) is 10.9 Å². The largest absolute Gasteiger partial charge is 0.416 e. The standard InChI is InChI=1S/C26H22F3N3O2/c1-16-11-21(32-7-9-34-10-8-32)15-22-23(16)30-24(31-25(22)33)19-12-18(17-5-3-2-4-6-17)13-20(14-19)26(27,28)29/h2-6,11-15H,7-10H2,1H3,(H,30,31,33). The molecule has 0 unspecified atom stereocenters. The highest BCUT2D eigenvalue weighted by Gasteiger charge is 2.31. The Morgan fingerprint density at radius 1 is 0.941 bits per heavy atom. The van der Waals surface area contributed by atoms with Gasteiger partial charge in [0.15, 0.2) is 0 Å². The molecule has 5 rings (SSSR count). The second-order valence-electron chi connectivity index (χ2n) is 8.34. The van der Waals surface area contributed by atoms with E-state index in [1.54, 1.807) is 42.5 Å². The number of morpholine rings is 1. The van der Waals surface area contributed by atoms with Crippen molar-refractivity contribution in [2.75, 3.05) is 31.2 Å². The Hall–Kier alpha value is -3.65. The molecule has 0 atom stereocenters.